The quantitative estimate of drug-likeness (QED) is 0.0748. The number of halogens is 1. The second kappa shape index (κ2) is 20.3. The fourth-order valence-electron chi connectivity index (χ4n) is 11.9. The molecule has 5 fully saturated rings. The molecule has 3 N–H and O–H groups in total. The number of carbonyl (C=O) groups excluding carboxylic acids is 3. The van der Waals surface area contributed by atoms with Gasteiger partial charge in [0.1, 0.15) is 18.7 Å². The molecule has 5 aliphatic heterocycles. The van der Waals surface area contributed by atoms with Crippen molar-refractivity contribution in [1.29, 1.82) is 0 Å². The molecule has 382 valence electrons. The normalized spacial score (nSPS) is 19.9. The maximum absolute atomic E-state index is 14.5. The highest BCUT2D eigenvalue weighted by molar-refractivity contribution is 9.10. The lowest BCUT2D eigenvalue weighted by Crippen LogP contribution is -2.59. The number of fused-ring (bicyclic) bond motifs is 2. The number of ether oxygens (including phenoxy) is 1. The number of imide groups is 1. The number of amides is 3. The number of piperidine rings is 2. The summed E-state index contributed by atoms with van der Waals surface area (Å²) >= 11 is 3.68. The monoisotopic (exact) mass is 1070 g/mol. The molecule has 5 saturated heterocycles. The molecule has 0 saturated carbocycles. The van der Waals surface area contributed by atoms with Gasteiger partial charge in [0.15, 0.2) is 0 Å². The predicted octanol–water partition coefficient (Wildman–Crippen LogP) is 7.98. The number of nitrogens with one attached hydrogen (secondary N) is 3. The number of nitrogens with zero attached hydrogens (tertiary/aromatic N) is 9. The van der Waals surface area contributed by atoms with Crippen LogP contribution in [0.25, 0.3) is 21.8 Å². The third kappa shape index (κ3) is 9.55. The molecule has 0 radical (unpaired) electrons. The molecule has 0 bridgehead atoms. The minimum atomic E-state index is -2.65. The minimum Gasteiger partial charge on any atom is -0.492 e. The van der Waals surface area contributed by atoms with Gasteiger partial charge in [0.05, 0.1) is 56.7 Å². The van der Waals surface area contributed by atoms with Gasteiger partial charge in [0.2, 0.25) is 23.7 Å². The van der Waals surface area contributed by atoms with Crippen molar-refractivity contribution in [3.63, 3.8) is 0 Å². The van der Waals surface area contributed by atoms with Gasteiger partial charge < -0.3 is 34.6 Å². The Labute approximate surface area is 434 Å². The Morgan fingerprint density at radius 3 is 2.40 bits per heavy atom. The number of hydrogen-bond donors (Lipinski definition) is 3. The Hall–Kier alpha value is -6.10. The van der Waals surface area contributed by atoms with Crippen LogP contribution in [0.3, 0.4) is 0 Å². The van der Waals surface area contributed by atoms with Gasteiger partial charge in [-0.25, -0.2) is 4.98 Å². The Morgan fingerprint density at radius 2 is 1.66 bits per heavy atom. The van der Waals surface area contributed by atoms with Crippen molar-refractivity contribution < 1.29 is 23.7 Å². The number of hydrogen-bond acceptors (Lipinski definition) is 14. The van der Waals surface area contributed by atoms with Crippen LogP contribution < -0.4 is 35.8 Å². The largest absolute Gasteiger partial charge is 0.492 e. The summed E-state index contributed by atoms with van der Waals surface area (Å²) in [7, 11) is -0.753. The summed E-state index contributed by atoms with van der Waals surface area (Å²) in [5, 5.41) is 17.0. The average molecular weight is 1070 g/mol. The van der Waals surface area contributed by atoms with Gasteiger partial charge in [0.25, 0.3) is 0 Å². The molecule has 3 aromatic carbocycles. The SMILES string of the molecule is CCOc1cc(N2CCC(N3CCN(C(=O)C4CN(c5cccc6c(C7CCC(=O)NC7=O)nn(C)c56)C4)CC3)CC2)c(CC)cc1Nc1ncc(Br)c(Nc2ccc3nc(C)ccc3c2P2(=O)CCCC2)n1. The Kier molecular flexibility index (Phi) is 13.7. The van der Waals surface area contributed by atoms with Gasteiger partial charge in [-0.2, -0.15) is 10.1 Å². The number of benzene rings is 3. The van der Waals surface area contributed by atoms with Crippen molar-refractivity contribution >= 4 is 102 Å². The second-order valence-electron chi connectivity index (χ2n) is 20.3. The van der Waals surface area contributed by atoms with Gasteiger partial charge in [-0.05, 0) is 104 Å². The third-order valence-corrected chi connectivity index (χ3v) is 19.7. The minimum absolute atomic E-state index is 0.0616. The topological polar surface area (TPSA) is 183 Å². The molecule has 19 heteroatoms. The summed E-state index contributed by atoms with van der Waals surface area (Å²) in [4.78, 5) is 62.2. The van der Waals surface area contributed by atoms with Gasteiger partial charge in [-0.1, -0.05) is 25.1 Å². The Balaban J connectivity index is 0.710. The van der Waals surface area contributed by atoms with E-state index >= 15 is 0 Å². The Morgan fingerprint density at radius 1 is 0.877 bits per heavy atom. The molecule has 73 heavy (non-hydrogen) atoms. The first-order chi connectivity index (χ1) is 35.4. The summed E-state index contributed by atoms with van der Waals surface area (Å²) in [6.45, 7) is 13.0. The maximum atomic E-state index is 14.5. The highest BCUT2D eigenvalue weighted by Crippen LogP contribution is 2.54. The zero-order chi connectivity index (χ0) is 50.5. The molecule has 3 amide bonds. The highest BCUT2D eigenvalue weighted by atomic mass is 79.9. The van der Waals surface area contributed by atoms with Gasteiger partial charge in [-0.3, -0.25) is 34.3 Å². The van der Waals surface area contributed by atoms with E-state index in [1.165, 1.54) is 11.3 Å². The molecule has 1 atom stereocenters. The first kappa shape index (κ1) is 49.1. The second-order valence-corrected chi connectivity index (χ2v) is 24.3. The van der Waals surface area contributed by atoms with Crippen LogP contribution in [0.15, 0.2) is 65.3 Å². The summed E-state index contributed by atoms with van der Waals surface area (Å²) in [5.41, 5.74) is 8.39. The number of aromatic nitrogens is 5. The number of pyridine rings is 1. The van der Waals surface area contributed by atoms with E-state index in [0.29, 0.717) is 72.8 Å². The number of piperazine rings is 1. The summed E-state index contributed by atoms with van der Waals surface area (Å²) in [5.74, 6) is 0.887. The van der Waals surface area contributed by atoms with Crippen molar-refractivity contribution in [2.75, 3.05) is 91.7 Å². The summed E-state index contributed by atoms with van der Waals surface area (Å²) in [6, 6.07) is 18.9. The molecular formula is C54H64BrN12O5P. The van der Waals surface area contributed by atoms with Crippen LogP contribution in [-0.2, 0) is 32.4 Å². The maximum Gasteiger partial charge on any atom is 0.235 e. The number of aryl methyl sites for hydroxylation is 3. The number of carbonyl (C=O) groups is 3. The van der Waals surface area contributed by atoms with Crippen LogP contribution in [0, 0.1) is 12.8 Å². The zero-order valence-corrected chi connectivity index (χ0v) is 44.6. The Bertz CT molecular complexity index is 3170. The van der Waals surface area contributed by atoms with Gasteiger partial charge in [-0.15, -0.1) is 0 Å². The molecule has 1 unspecified atom stereocenters. The molecule has 3 aromatic heterocycles. The fraction of sp³-hybridized carbons (Fsp3) is 0.463. The lowest BCUT2D eigenvalue weighted by atomic mass is 9.92. The fourth-order valence-corrected chi connectivity index (χ4v) is 15.5. The summed E-state index contributed by atoms with van der Waals surface area (Å²) < 4.78 is 23.3. The van der Waals surface area contributed by atoms with E-state index in [1.807, 2.05) is 55.9 Å². The zero-order valence-electron chi connectivity index (χ0n) is 42.1. The lowest BCUT2D eigenvalue weighted by Gasteiger charge is -2.46. The third-order valence-electron chi connectivity index (χ3n) is 15.7. The number of anilines is 6. The van der Waals surface area contributed by atoms with Crippen molar-refractivity contribution in [3.8, 4) is 5.75 Å². The van der Waals surface area contributed by atoms with E-state index in [4.69, 9.17) is 19.8 Å². The van der Waals surface area contributed by atoms with Gasteiger partial charge in [0, 0.05) is 124 Å². The van der Waals surface area contributed by atoms with Gasteiger partial charge >= 0.3 is 0 Å². The summed E-state index contributed by atoms with van der Waals surface area (Å²) in [6.07, 6.45) is 8.69. The van der Waals surface area contributed by atoms with E-state index in [1.54, 1.807) is 6.20 Å². The number of para-hydroxylation sites is 1. The van der Waals surface area contributed by atoms with Crippen molar-refractivity contribution in [3.05, 3.63) is 82.2 Å². The highest BCUT2D eigenvalue weighted by Gasteiger charge is 2.40. The van der Waals surface area contributed by atoms with Crippen LogP contribution in [0.1, 0.15) is 75.2 Å². The van der Waals surface area contributed by atoms with Crippen LogP contribution in [0.4, 0.5) is 34.5 Å². The van der Waals surface area contributed by atoms with E-state index < -0.39 is 13.1 Å². The van der Waals surface area contributed by atoms with E-state index in [9.17, 15) is 18.9 Å². The molecule has 6 aromatic rings. The van der Waals surface area contributed by atoms with E-state index in [0.717, 1.165) is 127 Å². The molecule has 11 rings (SSSR count). The standard InChI is InChI=1S/C54H64BrN12O5P/c1-5-34-28-43(59-54-56-30-40(55)51(61-54)58-42-16-15-41-37(13-12-33(3)57-41)50(42)73(71)26-7-8-27-73)46(72-6-2)29-45(34)65-20-18-36(19-21-65)64-22-24-66(25-23-64)53(70)35-31-67(32-35)44-11-9-10-38-48(62-63(4)49(38)44)39-14-17-47(68)60-52(39)69/h9-13,15-16,28-30,35-36,39H,5-8,14,17-27,31-32H2,1-4H3,(H,60,68,69)(H2,56,58,59,61). The van der Waals surface area contributed by atoms with Crippen LogP contribution in [0.5, 0.6) is 5.75 Å². The van der Waals surface area contributed by atoms with Crippen molar-refractivity contribution in [1.82, 2.24) is 39.8 Å². The van der Waals surface area contributed by atoms with E-state index in [2.05, 4.69) is 87.7 Å². The van der Waals surface area contributed by atoms with Crippen LogP contribution >= 0.6 is 23.1 Å². The lowest BCUT2D eigenvalue weighted by molar-refractivity contribution is -0.138. The van der Waals surface area contributed by atoms with E-state index in [-0.39, 0.29) is 23.6 Å². The molecule has 0 spiro atoms. The number of rotatable bonds is 13. The molecule has 0 aliphatic carbocycles. The molecule has 5 aliphatic rings. The average Bonchev–Trinajstić information content (AvgIpc) is 3.98. The first-order valence-electron chi connectivity index (χ1n) is 26.0. The molecular weight excluding hydrogens is 1010 g/mol. The van der Waals surface area contributed by atoms with Crippen molar-refractivity contribution in [2.24, 2.45) is 13.0 Å². The van der Waals surface area contributed by atoms with Crippen LogP contribution in [0.2, 0.25) is 0 Å². The predicted molar refractivity (Wildman–Crippen MR) is 291 cm³/mol. The molecule has 8 heterocycles. The molecule has 17 nitrogen and oxygen atoms in total. The smallest absolute Gasteiger partial charge is 0.235 e. The first-order valence-corrected chi connectivity index (χ1v) is 28.9. The van der Waals surface area contributed by atoms with Crippen LogP contribution in [-0.4, -0.2) is 130 Å². The van der Waals surface area contributed by atoms with Crippen molar-refractivity contribution in [2.45, 2.75) is 77.7 Å².